The molecular weight excluding hydrogens is 260 g/mol. The van der Waals surface area contributed by atoms with Crippen molar-refractivity contribution in [3.05, 3.63) is 54.6 Å². The predicted octanol–water partition coefficient (Wildman–Crippen LogP) is 6.02. The van der Waals surface area contributed by atoms with Crippen molar-refractivity contribution in [2.24, 2.45) is 0 Å². The largest absolute Gasteiger partial charge is 0.543 e. The van der Waals surface area contributed by atoms with E-state index in [9.17, 15) is 0 Å². The molecule has 0 aliphatic carbocycles. The number of benzene rings is 1. The van der Waals surface area contributed by atoms with Crippen LogP contribution in [0.3, 0.4) is 0 Å². The van der Waals surface area contributed by atoms with Gasteiger partial charge in [0.1, 0.15) is 5.76 Å². The van der Waals surface area contributed by atoms with E-state index in [1.807, 2.05) is 12.1 Å². The van der Waals surface area contributed by atoms with Crippen LogP contribution in [-0.2, 0) is 4.43 Å². The molecule has 0 saturated heterocycles. The van der Waals surface area contributed by atoms with Crippen molar-refractivity contribution >= 4 is 14.1 Å². The lowest BCUT2D eigenvalue weighted by atomic mass is 10.1. The van der Waals surface area contributed by atoms with Gasteiger partial charge in [0.25, 0.3) is 0 Å². The number of unbranched alkanes of at least 4 members (excludes halogenated alkanes) is 1. The maximum Gasteiger partial charge on any atom is 0.250 e. The van der Waals surface area contributed by atoms with Crippen LogP contribution in [0.4, 0.5) is 0 Å². The first kappa shape index (κ1) is 16.8. The van der Waals surface area contributed by atoms with Crippen LogP contribution in [0.2, 0.25) is 18.1 Å². The van der Waals surface area contributed by atoms with Gasteiger partial charge in [-0.15, -0.1) is 6.58 Å². The first-order valence-corrected chi connectivity index (χ1v) is 10.2. The molecule has 0 atom stereocenters. The molecule has 20 heavy (non-hydrogen) atoms. The summed E-state index contributed by atoms with van der Waals surface area (Å²) in [5.41, 5.74) is 1.17. The molecule has 110 valence electrons. The zero-order valence-corrected chi connectivity index (χ0v) is 14.6. The second kappa shape index (κ2) is 6.94. The monoisotopic (exact) mass is 288 g/mol. The fraction of sp³-hybridized carbons (Fsp3) is 0.444. The van der Waals surface area contributed by atoms with E-state index in [1.165, 1.54) is 5.56 Å². The molecule has 1 aromatic rings. The summed E-state index contributed by atoms with van der Waals surface area (Å²) in [6.07, 6.45) is 6.11. The van der Waals surface area contributed by atoms with Crippen molar-refractivity contribution in [3.63, 3.8) is 0 Å². The Morgan fingerprint density at radius 2 is 1.75 bits per heavy atom. The minimum absolute atomic E-state index is 0.208. The summed E-state index contributed by atoms with van der Waals surface area (Å²) >= 11 is 0. The second-order valence-electron chi connectivity index (χ2n) is 6.66. The third-order valence-electron chi connectivity index (χ3n) is 3.93. The van der Waals surface area contributed by atoms with Gasteiger partial charge < -0.3 is 4.43 Å². The first-order valence-electron chi connectivity index (χ1n) is 7.33. The minimum atomic E-state index is -1.81. The van der Waals surface area contributed by atoms with Gasteiger partial charge in [-0.2, -0.15) is 0 Å². The number of hydrogen-bond donors (Lipinski definition) is 0. The summed E-state index contributed by atoms with van der Waals surface area (Å²) < 4.78 is 6.50. The lowest BCUT2D eigenvalue weighted by Gasteiger charge is -2.37. The maximum atomic E-state index is 6.50. The Kier molecular flexibility index (Phi) is 5.82. The zero-order chi connectivity index (χ0) is 15.2. The highest BCUT2D eigenvalue weighted by molar-refractivity contribution is 6.74. The van der Waals surface area contributed by atoms with Crippen molar-refractivity contribution < 1.29 is 4.43 Å². The van der Waals surface area contributed by atoms with Gasteiger partial charge in [-0.25, -0.2) is 0 Å². The molecule has 0 N–H and O–H groups in total. The van der Waals surface area contributed by atoms with E-state index in [1.54, 1.807) is 0 Å². The van der Waals surface area contributed by atoms with Gasteiger partial charge >= 0.3 is 0 Å². The average molecular weight is 289 g/mol. The van der Waals surface area contributed by atoms with Crippen molar-refractivity contribution in [3.8, 4) is 0 Å². The summed E-state index contributed by atoms with van der Waals surface area (Å²) in [6, 6.07) is 10.4. The Morgan fingerprint density at radius 3 is 2.25 bits per heavy atom. The molecule has 1 aromatic carbocycles. The van der Waals surface area contributed by atoms with Gasteiger partial charge in [-0.05, 0) is 37.0 Å². The van der Waals surface area contributed by atoms with Crippen LogP contribution >= 0.6 is 0 Å². The summed E-state index contributed by atoms with van der Waals surface area (Å²) in [5.74, 6) is 1.03. The maximum absolute atomic E-state index is 6.50. The van der Waals surface area contributed by atoms with Crippen LogP contribution in [0.1, 0.15) is 39.2 Å². The lowest BCUT2D eigenvalue weighted by molar-refractivity contribution is 0.456. The van der Waals surface area contributed by atoms with Gasteiger partial charge in [0.05, 0.1) is 0 Å². The van der Waals surface area contributed by atoms with E-state index in [4.69, 9.17) is 4.43 Å². The highest BCUT2D eigenvalue weighted by atomic mass is 28.4. The van der Waals surface area contributed by atoms with Crippen LogP contribution in [-0.4, -0.2) is 8.32 Å². The van der Waals surface area contributed by atoms with E-state index in [0.717, 1.165) is 18.6 Å². The summed E-state index contributed by atoms with van der Waals surface area (Å²) in [5, 5.41) is 0.208. The minimum Gasteiger partial charge on any atom is -0.543 e. The Bertz CT molecular complexity index is 452. The van der Waals surface area contributed by atoms with E-state index in [-0.39, 0.29) is 5.04 Å². The van der Waals surface area contributed by atoms with Gasteiger partial charge in [-0.1, -0.05) is 57.2 Å². The van der Waals surface area contributed by atoms with Crippen LogP contribution in [0.15, 0.2) is 49.1 Å². The van der Waals surface area contributed by atoms with E-state index in [2.05, 4.69) is 70.8 Å². The molecule has 0 aromatic heterocycles. The summed E-state index contributed by atoms with van der Waals surface area (Å²) in [6.45, 7) is 15.2. The van der Waals surface area contributed by atoms with Crippen LogP contribution < -0.4 is 0 Å². The summed E-state index contributed by atoms with van der Waals surface area (Å²) in [4.78, 5) is 0. The van der Waals surface area contributed by atoms with Gasteiger partial charge in [0.2, 0.25) is 8.32 Å². The zero-order valence-electron chi connectivity index (χ0n) is 13.6. The smallest absolute Gasteiger partial charge is 0.250 e. The SMILES string of the molecule is C=CCC/C=C(/O[Si](C)(C)C(C)(C)C)c1ccccc1. The fourth-order valence-corrected chi connectivity index (χ4v) is 2.64. The van der Waals surface area contributed by atoms with Gasteiger partial charge in [0, 0.05) is 5.56 Å². The van der Waals surface area contributed by atoms with E-state index >= 15 is 0 Å². The third kappa shape index (κ3) is 4.68. The molecule has 0 spiro atoms. The molecule has 0 aliphatic heterocycles. The molecule has 0 bridgehead atoms. The molecule has 0 fully saturated rings. The average Bonchev–Trinajstić information content (AvgIpc) is 2.37. The standard InChI is InChI=1S/C18H28OSi/c1-7-8-10-15-17(16-13-11-9-12-14-16)19-20(5,6)18(2,3)4/h7,9,11-15H,1,8,10H2,2-6H3/b17-15+. The molecule has 1 nitrogen and oxygen atoms in total. The Balaban J connectivity index is 3.01. The highest BCUT2D eigenvalue weighted by Gasteiger charge is 2.39. The van der Waals surface area contributed by atoms with Crippen LogP contribution in [0, 0.1) is 0 Å². The molecule has 0 heterocycles. The molecular formula is C18H28OSi. The first-order chi connectivity index (χ1) is 9.28. The molecule has 1 rings (SSSR count). The molecule has 0 amide bonds. The third-order valence-corrected chi connectivity index (χ3v) is 8.27. The van der Waals surface area contributed by atoms with Crippen molar-refractivity contribution in [1.29, 1.82) is 0 Å². The topological polar surface area (TPSA) is 9.23 Å². The number of rotatable bonds is 6. The summed E-state index contributed by atoms with van der Waals surface area (Å²) in [7, 11) is -1.81. The van der Waals surface area contributed by atoms with Crippen molar-refractivity contribution in [2.75, 3.05) is 0 Å². The number of hydrogen-bond acceptors (Lipinski definition) is 1. The lowest BCUT2D eigenvalue weighted by Crippen LogP contribution is -2.40. The Morgan fingerprint density at radius 1 is 1.15 bits per heavy atom. The Labute approximate surface area is 125 Å². The van der Waals surface area contributed by atoms with Crippen molar-refractivity contribution in [2.45, 2.75) is 51.7 Å². The van der Waals surface area contributed by atoms with E-state index in [0.29, 0.717) is 0 Å². The van der Waals surface area contributed by atoms with E-state index < -0.39 is 8.32 Å². The van der Waals surface area contributed by atoms with Crippen LogP contribution in [0.25, 0.3) is 5.76 Å². The molecule has 0 saturated carbocycles. The van der Waals surface area contributed by atoms with Crippen LogP contribution in [0.5, 0.6) is 0 Å². The fourth-order valence-electron chi connectivity index (χ4n) is 1.58. The molecule has 0 radical (unpaired) electrons. The number of allylic oxidation sites excluding steroid dienone is 2. The quantitative estimate of drug-likeness (QED) is 0.269. The molecule has 2 heteroatoms. The highest BCUT2D eigenvalue weighted by Crippen LogP contribution is 2.39. The molecule has 0 unspecified atom stereocenters. The normalized spacial score (nSPS) is 13.2. The van der Waals surface area contributed by atoms with Crippen molar-refractivity contribution in [1.82, 2.24) is 0 Å². The van der Waals surface area contributed by atoms with Gasteiger partial charge in [-0.3, -0.25) is 0 Å². The Hall–Kier alpha value is -1.28. The molecule has 0 aliphatic rings. The predicted molar refractivity (Wildman–Crippen MR) is 92.1 cm³/mol. The van der Waals surface area contributed by atoms with Gasteiger partial charge in [0.15, 0.2) is 0 Å². The second-order valence-corrected chi connectivity index (χ2v) is 11.4.